The van der Waals surface area contributed by atoms with Crippen LogP contribution < -0.4 is 5.32 Å². The van der Waals surface area contributed by atoms with Crippen LogP contribution in [-0.2, 0) is 0 Å². The van der Waals surface area contributed by atoms with Crippen molar-refractivity contribution in [3.05, 3.63) is 5.01 Å². The van der Waals surface area contributed by atoms with Crippen LogP contribution in [0.1, 0.15) is 17.8 Å². The van der Waals surface area contributed by atoms with Crippen LogP contribution in [0.15, 0.2) is 0 Å². The lowest BCUT2D eigenvalue weighted by Gasteiger charge is -2.30. The minimum Gasteiger partial charge on any atom is -0.396 e. The molecule has 0 atom stereocenters. The summed E-state index contributed by atoms with van der Waals surface area (Å²) in [6, 6.07) is -0.127. The predicted octanol–water partition coefficient (Wildman–Crippen LogP) is 1.08. The summed E-state index contributed by atoms with van der Waals surface area (Å²) in [5.74, 6) is 0.336. The second-order valence-corrected chi connectivity index (χ2v) is 5.35. The Balaban J connectivity index is 1.85. The topological polar surface area (TPSA) is 78.4 Å². The molecule has 0 unspecified atom stereocenters. The van der Waals surface area contributed by atoms with Crippen molar-refractivity contribution < 1.29 is 9.90 Å². The van der Waals surface area contributed by atoms with E-state index in [4.69, 9.17) is 5.11 Å². The number of hydrogen-bond acceptors (Lipinski definition) is 5. The molecule has 1 fully saturated rings. The van der Waals surface area contributed by atoms with Crippen molar-refractivity contribution in [2.45, 2.75) is 19.8 Å². The number of likely N-dealkylation sites (tertiary alicyclic amines) is 1. The molecule has 17 heavy (non-hydrogen) atoms. The molecule has 1 aromatic heterocycles. The maximum Gasteiger partial charge on any atom is 0.323 e. The Kier molecular flexibility index (Phi) is 3.90. The van der Waals surface area contributed by atoms with E-state index in [0.717, 1.165) is 17.8 Å². The monoisotopic (exact) mass is 256 g/mol. The van der Waals surface area contributed by atoms with Crippen LogP contribution in [0.25, 0.3) is 0 Å². The third-order valence-electron chi connectivity index (χ3n) is 2.90. The molecule has 7 heteroatoms. The van der Waals surface area contributed by atoms with Crippen LogP contribution in [-0.4, -0.2) is 45.9 Å². The van der Waals surface area contributed by atoms with Crippen molar-refractivity contribution in [1.29, 1.82) is 0 Å². The fraction of sp³-hybridized carbons (Fsp3) is 0.700. The zero-order valence-electron chi connectivity index (χ0n) is 9.72. The van der Waals surface area contributed by atoms with Crippen LogP contribution >= 0.6 is 11.3 Å². The molecule has 2 amide bonds. The van der Waals surface area contributed by atoms with Gasteiger partial charge in [-0.1, -0.05) is 11.3 Å². The van der Waals surface area contributed by atoms with Crippen molar-refractivity contribution in [1.82, 2.24) is 15.1 Å². The highest BCUT2D eigenvalue weighted by atomic mass is 32.1. The van der Waals surface area contributed by atoms with Gasteiger partial charge in [0.2, 0.25) is 5.13 Å². The summed E-state index contributed by atoms with van der Waals surface area (Å²) in [7, 11) is 0. The van der Waals surface area contributed by atoms with E-state index in [1.54, 1.807) is 4.90 Å². The number of aliphatic hydroxyl groups excluding tert-OH is 1. The van der Waals surface area contributed by atoms with Crippen molar-refractivity contribution in [2.24, 2.45) is 5.92 Å². The van der Waals surface area contributed by atoms with Gasteiger partial charge in [0, 0.05) is 19.7 Å². The molecule has 2 N–H and O–H groups in total. The van der Waals surface area contributed by atoms with Crippen LogP contribution in [0.5, 0.6) is 0 Å². The number of piperidine rings is 1. The van der Waals surface area contributed by atoms with Crippen LogP contribution in [0.3, 0.4) is 0 Å². The molecule has 0 spiro atoms. The lowest BCUT2D eigenvalue weighted by molar-refractivity contribution is 0.143. The molecule has 1 aromatic rings. The van der Waals surface area contributed by atoms with Crippen molar-refractivity contribution in [2.75, 3.05) is 25.0 Å². The molecular weight excluding hydrogens is 240 g/mol. The predicted molar refractivity (Wildman–Crippen MR) is 65.0 cm³/mol. The highest BCUT2D eigenvalue weighted by Crippen LogP contribution is 2.18. The van der Waals surface area contributed by atoms with E-state index in [-0.39, 0.29) is 12.6 Å². The maximum absolute atomic E-state index is 11.9. The zero-order valence-corrected chi connectivity index (χ0v) is 10.5. The third kappa shape index (κ3) is 3.13. The number of aliphatic hydroxyl groups is 1. The summed E-state index contributed by atoms with van der Waals surface area (Å²) >= 11 is 1.36. The van der Waals surface area contributed by atoms with E-state index in [1.807, 2.05) is 6.92 Å². The lowest BCUT2D eigenvalue weighted by Crippen LogP contribution is -2.41. The number of nitrogens with zero attached hydrogens (tertiary/aromatic N) is 3. The second-order valence-electron chi connectivity index (χ2n) is 4.17. The molecule has 2 rings (SSSR count). The van der Waals surface area contributed by atoms with Crippen molar-refractivity contribution in [3.63, 3.8) is 0 Å². The van der Waals surface area contributed by atoms with Gasteiger partial charge < -0.3 is 10.0 Å². The number of urea groups is 1. The molecular formula is C10H16N4O2S. The van der Waals surface area contributed by atoms with Gasteiger partial charge in [0.25, 0.3) is 0 Å². The summed E-state index contributed by atoms with van der Waals surface area (Å²) in [4.78, 5) is 13.6. The highest BCUT2D eigenvalue weighted by molar-refractivity contribution is 7.15. The number of rotatable bonds is 2. The van der Waals surface area contributed by atoms with Crippen LogP contribution in [0.4, 0.5) is 9.93 Å². The first-order valence-electron chi connectivity index (χ1n) is 5.66. The minimum absolute atomic E-state index is 0.127. The number of carbonyl (C=O) groups is 1. The Hall–Kier alpha value is -1.21. The first-order chi connectivity index (χ1) is 8.19. The molecule has 1 aliphatic heterocycles. The average Bonchev–Trinajstić information content (AvgIpc) is 2.75. The van der Waals surface area contributed by atoms with E-state index in [2.05, 4.69) is 15.5 Å². The summed E-state index contributed by atoms with van der Waals surface area (Å²) in [5, 5.41) is 20.8. The number of hydrogen-bond donors (Lipinski definition) is 2. The number of carbonyl (C=O) groups excluding carboxylic acids is 1. The quantitative estimate of drug-likeness (QED) is 0.830. The Labute approximate surface area is 104 Å². The highest BCUT2D eigenvalue weighted by Gasteiger charge is 2.22. The Morgan fingerprint density at radius 2 is 2.24 bits per heavy atom. The first kappa shape index (κ1) is 12.3. The Bertz CT molecular complexity index is 387. The molecule has 0 saturated carbocycles. The first-order valence-corrected chi connectivity index (χ1v) is 6.47. The third-order valence-corrected chi connectivity index (χ3v) is 3.65. The summed E-state index contributed by atoms with van der Waals surface area (Å²) in [6.45, 7) is 3.44. The minimum atomic E-state index is -0.127. The van der Waals surface area contributed by atoms with Crippen molar-refractivity contribution >= 4 is 22.5 Å². The van der Waals surface area contributed by atoms with Gasteiger partial charge in [-0.2, -0.15) is 0 Å². The SMILES string of the molecule is Cc1nnc(NC(=O)N2CCC(CO)CC2)s1. The molecule has 1 saturated heterocycles. The van der Waals surface area contributed by atoms with Gasteiger partial charge >= 0.3 is 6.03 Å². The smallest absolute Gasteiger partial charge is 0.323 e. The molecule has 2 heterocycles. The lowest BCUT2D eigenvalue weighted by atomic mass is 9.98. The fourth-order valence-electron chi connectivity index (χ4n) is 1.84. The summed E-state index contributed by atoms with van der Waals surface area (Å²) in [6.07, 6.45) is 1.72. The van der Waals surface area contributed by atoms with E-state index in [9.17, 15) is 4.79 Å². The van der Waals surface area contributed by atoms with E-state index >= 15 is 0 Å². The second kappa shape index (κ2) is 5.42. The van der Waals surface area contributed by atoms with Gasteiger partial charge in [-0.25, -0.2) is 4.79 Å². The molecule has 1 aliphatic rings. The Morgan fingerprint density at radius 1 is 1.53 bits per heavy atom. The zero-order chi connectivity index (χ0) is 12.3. The molecule has 6 nitrogen and oxygen atoms in total. The number of aryl methyl sites for hydroxylation is 1. The van der Waals surface area contributed by atoms with Gasteiger partial charge in [0.1, 0.15) is 5.01 Å². The molecule has 0 radical (unpaired) electrons. The number of aromatic nitrogens is 2. The van der Waals surface area contributed by atoms with Crippen LogP contribution in [0, 0.1) is 12.8 Å². The van der Waals surface area contributed by atoms with Crippen molar-refractivity contribution in [3.8, 4) is 0 Å². The molecule has 0 bridgehead atoms. The standard InChI is InChI=1S/C10H16N4O2S/c1-7-12-13-9(17-7)11-10(16)14-4-2-8(6-15)3-5-14/h8,15H,2-6H2,1H3,(H,11,13,16). The number of anilines is 1. The van der Waals surface area contributed by atoms with Crippen LogP contribution in [0.2, 0.25) is 0 Å². The summed E-state index contributed by atoms with van der Waals surface area (Å²) in [5.41, 5.74) is 0. The number of nitrogens with one attached hydrogen (secondary N) is 1. The fourth-order valence-corrected chi connectivity index (χ4v) is 2.42. The van der Waals surface area contributed by atoms with E-state index in [1.165, 1.54) is 11.3 Å². The molecule has 94 valence electrons. The maximum atomic E-state index is 11.9. The Morgan fingerprint density at radius 3 is 2.76 bits per heavy atom. The largest absolute Gasteiger partial charge is 0.396 e. The van der Waals surface area contributed by atoms with Gasteiger partial charge in [0.05, 0.1) is 0 Å². The van der Waals surface area contributed by atoms with E-state index in [0.29, 0.717) is 24.1 Å². The van der Waals surface area contributed by atoms with Gasteiger partial charge in [0.15, 0.2) is 0 Å². The molecule has 0 aromatic carbocycles. The van der Waals surface area contributed by atoms with Gasteiger partial charge in [-0.05, 0) is 25.7 Å². The molecule has 0 aliphatic carbocycles. The number of amides is 2. The van der Waals surface area contributed by atoms with E-state index < -0.39 is 0 Å². The average molecular weight is 256 g/mol. The van der Waals surface area contributed by atoms with Gasteiger partial charge in [-0.15, -0.1) is 10.2 Å². The normalized spacial score (nSPS) is 17.2. The van der Waals surface area contributed by atoms with Gasteiger partial charge in [-0.3, -0.25) is 5.32 Å². The summed E-state index contributed by atoms with van der Waals surface area (Å²) < 4.78 is 0.